The number of hydrogen-bond acceptors (Lipinski definition) is 5. The van der Waals surface area contributed by atoms with Crippen molar-refractivity contribution in [1.29, 1.82) is 0 Å². The van der Waals surface area contributed by atoms with Crippen molar-refractivity contribution in [2.45, 2.75) is 23.8 Å². The summed E-state index contributed by atoms with van der Waals surface area (Å²) in [5, 5.41) is 0. The number of anilines is 1. The molecule has 0 atom stereocenters. The molecule has 1 aliphatic heterocycles. The van der Waals surface area contributed by atoms with Gasteiger partial charge in [0.1, 0.15) is 10.6 Å². The lowest BCUT2D eigenvalue weighted by atomic mass is 10.3. The molecule has 0 bridgehead atoms. The van der Waals surface area contributed by atoms with Gasteiger partial charge in [-0.1, -0.05) is 0 Å². The Balaban J connectivity index is 1.77. The zero-order chi connectivity index (χ0) is 15.0. The van der Waals surface area contributed by atoms with Crippen molar-refractivity contribution in [3.63, 3.8) is 0 Å². The molecule has 1 aromatic carbocycles. The van der Waals surface area contributed by atoms with Gasteiger partial charge in [-0.05, 0) is 25.0 Å². The molecular formula is C14H21N3O3S. The third-order valence-electron chi connectivity index (χ3n) is 4.17. The molecular weight excluding hydrogens is 290 g/mol. The van der Waals surface area contributed by atoms with Crippen molar-refractivity contribution in [3.05, 3.63) is 18.2 Å². The number of nitrogens with two attached hydrogens (primary N) is 1. The highest BCUT2D eigenvalue weighted by atomic mass is 32.2. The summed E-state index contributed by atoms with van der Waals surface area (Å²) in [5.74, 6) is 0.560. The van der Waals surface area contributed by atoms with E-state index in [1.54, 1.807) is 12.1 Å². The van der Waals surface area contributed by atoms with Crippen molar-refractivity contribution in [1.82, 2.24) is 9.21 Å². The van der Waals surface area contributed by atoms with E-state index in [0.29, 0.717) is 24.9 Å². The van der Waals surface area contributed by atoms with Crippen LogP contribution in [0.5, 0.6) is 5.75 Å². The minimum Gasteiger partial charge on any atom is -0.497 e. The summed E-state index contributed by atoms with van der Waals surface area (Å²) < 4.78 is 32.0. The van der Waals surface area contributed by atoms with Crippen LogP contribution < -0.4 is 10.5 Å². The van der Waals surface area contributed by atoms with Gasteiger partial charge < -0.3 is 10.5 Å². The fourth-order valence-electron chi connectivity index (χ4n) is 2.78. The molecule has 3 rings (SSSR count). The van der Waals surface area contributed by atoms with Crippen LogP contribution in [0, 0.1) is 0 Å². The van der Waals surface area contributed by atoms with E-state index >= 15 is 0 Å². The number of ether oxygens (including phenoxy) is 1. The van der Waals surface area contributed by atoms with Crippen LogP contribution in [0.3, 0.4) is 0 Å². The summed E-state index contributed by atoms with van der Waals surface area (Å²) in [4.78, 5) is 2.55. The van der Waals surface area contributed by atoms with Crippen LogP contribution in [0.2, 0.25) is 0 Å². The maximum atomic E-state index is 12.7. The smallest absolute Gasteiger partial charge is 0.245 e. The van der Waals surface area contributed by atoms with E-state index in [4.69, 9.17) is 10.5 Å². The number of methoxy groups -OCH3 is 1. The molecule has 0 spiro atoms. The summed E-state index contributed by atoms with van der Waals surface area (Å²) in [6.07, 6.45) is 2.50. The third-order valence-corrected chi connectivity index (χ3v) is 6.14. The molecule has 21 heavy (non-hydrogen) atoms. The largest absolute Gasteiger partial charge is 0.497 e. The molecule has 1 saturated heterocycles. The van der Waals surface area contributed by atoms with Gasteiger partial charge in [-0.3, -0.25) is 4.90 Å². The van der Waals surface area contributed by atoms with Gasteiger partial charge in [0.15, 0.2) is 0 Å². The maximum absolute atomic E-state index is 12.7. The summed E-state index contributed by atoms with van der Waals surface area (Å²) >= 11 is 0. The second-order valence-electron chi connectivity index (χ2n) is 5.57. The maximum Gasteiger partial charge on any atom is 0.245 e. The second kappa shape index (κ2) is 5.47. The number of rotatable bonds is 4. The van der Waals surface area contributed by atoms with Gasteiger partial charge in [-0.15, -0.1) is 0 Å². The first-order chi connectivity index (χ1) is 10.0. The minimum absolute atomic E-state index is 0.170. The van der Waals surface area contributed by atoms with Crippen LogP contribution in [0.4, 0.5) is 5.69 Å². The molecule has 1 aromatic rings. The summed E-state index contributed by atoms with van der Waals surface area (Å²) in [7, 11) is -1.99. The van der Waals surface area contributed by atoms with Crippen LogP contribution in [0.25, 0.3) is 0 Å². The predicted molar refractivity (Wildman–Crippen MR) is 80.8 cm³/mol. The Kier molecular flexibility index (Phi) is 3.81. The lowest BCUT2D eigenvalue weighted by Crippen LogP contribution is -2.49. The quantitative estimate of drug-likeness (QED) is 0.830. The van der Waals surface area contributed by atoms with Crippen molar-refractivity contribution in [2.75, 3.05) is 39.0 Å². The molecule has 1 saturated carbocycles. The van der Waals surface area contributed by atoms with Gasteiger partial charge >= 0.3 is 0 Å². The van der Waals surface area contributed by atoms with E-state index in [9.17, 15) is 8.42 Å². The molecule has 2 N–H and O–H groups in total. The van der Waals surface area contributed by atoms with Crippen molar-refractivity contribution >= 4 is 15.7 Å². The molecule has 7 heteroatoms. The molecule has 1 heterocycles. The Hall–Kier alpha value is -1.31. The molecule has 0 amide bonds. The zero-order valence-corrected chi connectivity index (χ0v) is 13.0. The van der Waals surface area contributed by atoms with Gasteiger partial charge in [-0.25, -0.2) is 8.42 Å². The van der Waals surface area contributed by atoms with E-state index in [1.807, 2.05) is 0 Å². The number of piperazine rings is 1. The SMILES string of the molecule is COc1ccc(S(=O)(=O)N2CCN(C3CC3)CC2)c(N)c1. The molecule has 0 radical (unpaired) electrons. The number of sulfonamides is 1. The number of benzene rings is 1. The normalized spacial score (nSPS) is 21.4. The van der Waals surface area contributed by atoms with Gasteiger partial charge in [0.05, 0.1) is 12.8 Å². The number of nitrogen functional groups attached to an aromatic ring is 1. The lowest BCUT2D eigenvalue weighted by Gasteiger charge is -2.34. The van der Waals surface area contributed by atoms with Gasteiger partial charge in [0, 0.05) is 38.3 Å². The van der Waals surface area contributed by atoms with E-state index < -0.39 is 10.0 Å². The van der Waals surface area contributed by atoms with Crippen molar-refractivity contribution in [3.8, 4) is 5.75 Å². The first-order valence-electron chi connectivity index (χ1n) is 7.20. The van der Waals surface area contributed by atoms with Crippen LogP contribution >= 0.6 is 0 Å². The number of hydrogen-bond donors (Lipinski definition) is 1. The molecule has 0 aromatic heterocycles. The van der Waals surface area contributed by atoms with E-state index in [0.717, 1.165) is 13.1 Å². The number of nitrogens with zero attached hydrogens (tertiary/aromatic N) is 2. The fraction of sp³-hybridized carbons (Fsp3) is 0.571. The Morgan fingerprint density at radius 3 is 2.38 bits per heavy atom. The predicted octanol–water partition coefficient (Wildman–Crippen LogP) is 0.746. The Labute approximate surface area is 125 Å². The fourth-order valence-corrected chi connectivity index (χ4v) is 4.30. The summed E-state index contributed by atoms with van der Waals surface area (Å²) in [6, 6.07) is 5.38. The van der Waals surface area contributed by atoms with E-state index in [-0.39, 0.29) is 10.6 Å². The molecule has 0 unspecified atom stereocenters. The third kappa shape index (κ3) is 2.86. The zero-order valence-electron chi connectivity index (χ0n) is 12.2. The van der Waals surface area contributed by atoms with Gasteiger partial charge in [0.2, 0.25) is 10.0 Å². The Morgan fingerprint density at radius 1 is 1.19 bits per heavy atom. The van der Waals surface area contributed by atoms with Crippen molar-refractivity contribution in [2.24, 2.45) is 0 Å². The highest BCUT2D eigenvalue weighted by Crippen LogP contribution is 2.30. The standard InChI is InChI=1S/C14H21N3O3S/c1-20-12-4-5-14(13(15)10-12)21(18,19)17-8-6-16(7-9-17)11-2-3-11/h4-5,10-11H,2-3,6-9,15H2,1H3. The molecule has 2 aliphatic rings. The second-order valence-corrected chi connectivity index (χ2v) is 7.48. The first-order valence-corrected chi connectivity index (χ1v) is 8.64. The van der Waals surface area contributed by atoms with Crippen molar-refractivity contribution < 1.29 is 13.2 Å². The van der Waals surface area contributed by atoms with E-state index in [2.05, 4.69) is 4.90 Å². The van der Waals surface area contributed by atoms with Crippen LogP contribution in [-0.4, -0.2) is 57.0 Å². The Bertz CT molecular complexity index is 620. The van der Waals surface area contributed by atoms with Crippen LogP contribution in [0.1, 0.15) is 12.8 Å². The topological polar surface area (TPSA) is 75.9 Å². The minimum atomic E-state index is -3.52. The molecule has 116 valence electrons. The highest BCUT2D eigenvalue weighted by molar-refractivity contribution is 7.89. The van der Waals surface area contributed by atoms with Crippen LogP contribution in [0.15, 0.2) is 23.1 Å². The van der Waals surface area contributed by atoms with Crippen LogP contribution in [-0.2, 0) is 10.0 Å². The van der Waals surface area contributed by atoms with E-state index in [1.165, 1.54) is 30.3 Å². The molecule has 6 nitrogen and oxygen atoms in total. The van der Waals surface area contributed by atoms with Gasteiger partial charge in [-0.2, -0.15) is 4.31 Å². The summed E-state index contributed by atoms with van der Waals surface area (Å²) in [6.45, 7) is 2.68. The lowest BCUT2D eigenvalue weighted by molar-refractivity contribution is 0.180. The average molecular weight is 311 g/mol. The highest BCUT2D eigenvalue weighted by Gasteiger charge is 2.35. The first kappa shape index (κ1) is 14.6. The molecule has 2 fully saturated rings. The monoisotopic (exact) mass is 311 g/mol. The average Bonchev–Trinajstić information content (AvgIpc) is 3.31. The summed E-state index contributed by atoms with van der Waals surface area (Å²) in [5.41, 5.74) is 6.11. The Morgan fingerprint density at radius 2 is 1.86 bits per heavy atom. The van der Waals surface area contributed by atoms with Gasteiger partial charge in [0.25, 0.3) is 0 Å². The molecule has 1 aliphatic carbocycles.